The number of hydrogen-bond donors (Lipinski definition) is 2. The highest BCUT2D eigenvalue weighted by atomic mass is 35.5. The largest absolute Gasteiger partial charge is 0.493 e. The first-order valence-corrected chi connectivity index (χ1v) is 11.3. The van der Waals surface area contributed by atoms with Crippen LogP contribution >= 0.6 is 11.6 Å². The number of amides is 1. The van der Waals surface area contributed by atoms with E-state index in [1.54, 1.807) is 25.1 Å². The molecule has 0 aliphatic carbocycles. The minimum atomic E-state index is -0.577. The zero-order valence-corrected chi connectivity index (χ0v) is 20.2. The molecule has 10 heteroatoms. The van der Waals surface area contributed by atoms with Crippen LogP contribution < -0.4 is 14.8 Å². The minimum absolute atomic E-state index is 0.0794. The smallest absolute Gasteiger partial charge is 0.251 e. The number of carbonyl (C=O) groups is 2. The minimum Gasteiger partial charge on any atom is -0.493 e. The summed E-state index contributed by atoms with van der Waals surface area (Å²) in [4.78, 5) is 30.1. The first-order chi connectivity index (χ1) is 17.3. The van der Waals surface area contributed by atoms with E-state index in [9.17, 15) is 14.0 Å². The number of ketones is 1. The van der Waals surface area contributed by atoms with Gasteiger partial charge in [-0.05, 0) is 55.5 Å². The van der Waals surface area contributed by atoms with Crippen molar-refractivity contribution in [1.82, 2.24) is 10.3 Å². The van der Waals surface area contributed by atoms with Crippen molar-refractivity contribution in [3.8, 4) is 22.8 Å². The zero-order chi connectivity index (χ0) is 25.8. The van der Waals surface area contributed by atoms with Gasteiger partial charge in [-0.2, -0.15) is 0 Å². The first kappa shape index (κ1) is 25.2. The van der Waals surface area contributed by atoms with Gasteiger partial charge in [-0.25, -0.2) is 9.37 Å². The molecule has 0 spiro atoms. The molecule has 2 N–H and O–H groups in total. The van der Waals surface area contributed by atoms with Crippen molar-refractivity contribution in [3.63, 3.8) is 0 Å². The molecule has 2 heterocycles. The van der Waals surface area contributed by atoms with Crippen molar-refractivity contribution in [2.45, 2.75) is 6.92 Å². The van der Waals surface area contributed by atoms with Crippen molar-refractivity contribution in [3.05, 3.63) is 76.4 Å². The lowest BCUT2D eigenvalue weighted by Crippen LogP contribution is -2.30. The van der Waals surface area contributed by atoms with Crippen LogP contribution in [0.2, 0.25) is 5.02 Å². The molecule has 0 unspecified atom stereocenters. The summed E-state index contributed by atoms with van der Waals surface area (Å²) < 4.78 is 30.0. The number of methoxy groups -OCH3 is 1. The molecule has 2 aromatic carbocycles. The first-order valence-electron chi connectivity index (χ1n) is 10.9. The second-order valence-corrected chi connectivity index (χ2v) is 8.21. The number of pyridine rings is 1. The lowest BCUT2D eigenvalue weighted by molar-refractivity contribution is 0.0902. The Morgan fingerprint density at radius 1 is 1.14 bits per heavy atom. The Hall–Kier alpha value is -3.95. The molecule has 0 atom stereocenters. The summed E-state index contributed by atoms with van der Waals surface area (Å²) in [5.74, 6) is -0.214. The highest BCUT2D eigenvalue weighted by Gasteiger charge is 2.19. The molecule has 0 aliphatic rings. The van der Waals surface area contributed by atoms with Gasteiger partial charge >= 0.3 is 0 Å². The number of carbonyl (C=O) groups excluding carboxylic acids is 2. The highest BCUT2D eigenvalue weighted by Crippen LogP contribution is 2.32. The Balaban J connectivity index is 1.56. The fourth-order valence-electron chi connectivity index (χ4n) is 3.60. The number of aryl methyl sites for hydroxylation is 1. The Morgan fingerprint density at radius 2 is 1.94 bits per heavy atom. The van der Waals surface area contributed by atoms with Gasteiger partial charge in [0.25, 0.3) is 5.91 Å². The van der Waals surface area contributed by atoms with Crippen LogP contribution in [0.15, 0.2) is 52.9 Å². The van der Waals surface area contributed by atoms with Crippen LogP contribution in [0.4, 0.5) is 4.39 Å². The summed E-state index contributed by atoms with van der Waals surface area (Å²) in [6.45, 7) is 1.36. The van der Waals surface area contributed by atoms with E-state index in [-0.39, 0.29) is 36.0 Å². The van der Waals surface area contributed by atoms with Gasteiger partial charge in [-0.1, -0.05) is 11.6 Å². The Kier molecular flexibility index (Phi) is 7.52. The number of Topliss-reactive ketones (excluding diaryl/α,β-unsaturated/α-hetero) is 1. The van der Waals surface area contributed by atoms with Gasteiger partial charge in [-0.3, -0.25) is 9.59 Å². The number of nitrogens with zero attached hydrogens (tertiary/aromatic N) is 1. The number of benzene rings is 2. The average Bonchev–Trinajstić information content (AvgIpc) is 3.26. The summed E-state index contributed by atoms with van der Waals surface area (Å²) in [7, 11) is 1.43. The van der Waals surface area contributed by atoms with Crippen LogP contribution in [0.25, 0.3) is 22.2 Å². The van der Waals surface area contributed by atoms with Gasteiger partial charge in [0.05, 0.1) is 25.3 Å². The van der Waals surface area contributed by atoms with Gasteiger partial charge in [-0.15, -0.1) is 0 Å². The quantitative estimate of drug-likeness (QED) is 0.315. The maximum atomic E-state index is 13.7. The third kappa shape index (κ3) is 5.32. The summed E-state index contributed by atoms with van der Waals surface area (Å²) in [6, 6.07) is 12.0. The predicted octanol–water partition coefficient (Wildman–Crippen LogP) is 4.59. The lowest BCUT2D eigenvalue weighted by atomic mass is 10.1. The number of rotatable bonds is 9. The van der Waals surface area contributed by atoms with Gasteiger partial charge in [0.15, 0.2) is 22.9 Å². The maximum Gasteiger partial charge on any atom is 0.251 e. The maximum absolute atomic E-state index is 13.7. The molecule has 0 saturated carbocycles. The third-order valence-corrected chi connectivity index (χ3v) is 5.58. The van der Waals surface area contributed by atoms with Gasteiger partial charge in [0.1, 0.15) is 29.6 Å². The number of aliphatic hydroxyl groups excluding tert-OH is 1. The van der Waals surface area contributed by atoms with Crippen molar-refractivity contribution in [2.75, 3.05) is 26.9 Å². The van der Waals surface area contributed by atoms with Crippen molar-refractivity contribution in [2.24, 2.45) is 0 Å². The topological polar surface area (TPSA) is 111 Å². The fourth-order valence-corrected chi connectivity index (χ4v) is 3.78. The van der Waals surface area contributed by atoms with Crippen molar-refractivity contribution < 1.29 is 33.0 Å². The number of hydrogen-bond acceptors (Lipinski definition) is 7. The molecule has 0 fully saturated rings. The number of aromatic nitrogens is 1. The lowest BCUT2D eigenvalue weighted by Gasteiger charge is -2.11. The second kappa shape index (κ2) is 10.8. The van der Waals surface area contributed by atoms with E-state index in [0.717, 1.165) is 0 Å². The van der Waals surface area contributed by atoms with Crippen LogP contribution in [-0.2, 0) is 0 Å². The molecule has 4 aromatic rings. The van der Waals surface area contributed by atoms with E-state index in [1.807, 2.05) is 0 Å². The molecule has 2 aromatic heterocycles. The second-order valence-electron chi connectivity index (χ2n) is 7.80. The van der Waals surface area contributed by atoms with Crippen LogP contribution in [0.3, 0.4) is 0 Å². The monoisotopic (exact) mass is 512 g/mol. The molecular weight excluding hydrogens is 491 g/mol. The molecule has 0 aliphatic heterocycles. The van der Waals surface area contributed by atoms with Crippen LogP contribution in [0.5, 0.6) is 11.5 Å². The molecule has 36 heavy (non-hydrogen) atoms. The number of halogens is 2. The molecule has 0 bridgehead atoms. The van der Waals surface area contributed by atoms with Gasteiger partial charge in [0, 0.05) is 16.5 Å². The zero-order valence-electron chi connectivity index (χ0n) is 19.4. The summed E-state index contributed by atoms with van der Waals surface area (Å²) in [6.07, 6.45) is 0. The van der Waals surface area contributed by atoms with E-state index < -0.39 is 17.5 Å². The normalized spacial score (nSPS) is 10.9. The van der Waals surface area contributed by atoms with Crippen LogP contribution in [0.1, 0.15) is 26.6 Å². The molecule has 8 nitrogen and oxygen atoms in total. The number of ether oxygens (including phenoxy) is 2. The molecule has 0 saturated heterocycles. The SMILES string of the molecule is COc1cc(C(=O)NCC(=O)c2cc3cc(C)oc3c(-c3ccc(F)c(Cl)c3)n2)ccc1OCCO. The van der Waals surface area contributed by atoms with Crippen LogP contribution in [0, 0.1) is 12.7 Å². The van der Waals surface area contributed by atoms with Crippen molar-refractivity contribution in [1.29, 1.82) is 0 Å². The van der Waals surface area contributed by atoms with Gasteiger partial charge < -0.3 is 24.3 Å². The van der Waals surface area contributed by atoms with E-state index in [0.29, 0.717) is 39.5 Å². The predicted molar refractivity (Wildman–Crippen MR) is 131 cm³/mol. The number of aliphatic hydroxyl groups is 1. The number of fused-ring (bicyclic) bond motifs is 1. The molecular formula is C26H22ClFN2O6. The Morgan fingerprint density at radius 3 is 2.67 bits per heavy atom. The standard InChI is InChI=1S/C26H22ClFN2O6/c1-14-9-17-11-20(30-24(25(17)36-14)15-3-5-19(28)18(27)10-15)21(32)13-29-26(33)16-4-6-22(35-8-7-31)23(12-16)34-2/h3-6,9-12,31H,7-8,13H2,1-2H3,(H,29,33). The third-order valence-electron chi connectivity index (χ3n) is 5.29. The molecule has 186 valence electrons. The summed E-state index contributed by atoms with van der Waals surface area (Å²) in [5, 5.41) is 12.1. The Labute approximate surface area is 210 Å². The summed E-state index contributed by atoms with van der Waals surface area (Å²) >= 11 is 5.95. The van der Waals surface area contributed by atoms with E-state index >= 15 is 0 Å². The Bertz CT molecular complexity index is 1450. The van der Waals surface area contributed by atoms with Crippen LogP contribution in [-0.4, -0.2) is 48.6 Å². The molecule has 4 rings (SSSR count). The van der Waals surface area contributed by atoms with E-state index in [2.05, 4.69) is 10.3 Å². The van der Waals surface area contributed by atoms with E-state index in [1.165, 1.54) is 37.4 Å². The van der Waals surface area contributed by atoms with Gasteiger partial charge in [0.2, 0.25) is 0 Å². The molecule has 0 radical (unpaired) electrons. The average molecular weight is 513 g/mol. The number of furan rings is 1. The fraction of sp³-hybridized carbons (Fsp3) is 0.192. The summed E-state index contributed by atoms with van der Waals surface area (Å²) in [5.41, 5.74) is 1.61. The number of nitrogens with one attached hydrogen (secondary N) is 1. The molecule has 1 amide bonds. The van der Waals surface area contributed by atoms with Crippen molar-refractivity contribution >= 4 is 34.3 Å². The highest BCUT2D eigenvalue weighted by molar-refractivity contribution is 6.31. The van der Waals surface area contributed by atoms with E-state index in [4.69, 9.17) is 30.6 Å².